The van der Waals surface area contributed by atoms with E-state index in [2.05, 4.69) is 17.1 Å². The van der Waals surface area contributed by atoms with Crippen LogP contribution >= 0.6 is 0 Å². The van der Waals surface area contributed by atoms with Crippen molar-refractivity contribution in [2.24, 2.45) is 11.7 Å². The molecule has 2 heterocycles. The van der Waals surface area contributed by atoms with Gasteiger partial charge in [-0.2, -0.15) is 0 Å². The molecule has 2 saturated heterocycles. The zero-order valence-corrected chi connectivity index (χ0v) is 11.0. The van der Waals surface area contributed by atoms with Gasteiger partial charge in [0.1, 0.15) is 0 Å². The number of hydrogen-bond donors (Lipinski definition) is 3. The molecule has 2 rings (SSSR count). The summed E-state index contributed by atoms with van der Waals surface area (Å²) in [6, 6.07) is 0.456. The molecule has 2 aliphatic heterocycles. The van der Waals surface area contributed by atoms with E-state index in [-0.39, 0.29) is 5.54 Å². The third kappa shape index (κ3) is 2.81. The minimum Gasteiger partial charge on any atom is -0.396 e. The van der Waals surface area contributed by atoms with E-state index in [1.807, 2.05) is 0 Å². The van der Waals surface area contributed by atoms with Gasteiger partial charge in [0.05, 0.1) is 0 Å². The second kappa shape index (κ2) is 5.65. The van der Waals surface area contributed by atoms with Crippen molar-refractivity contribution in [1.82, 2.24) is 10.2 Å². The van der Waals surface area contributed by atoms with E-state index in [1.165, 1.54) is 32.5 Å². The second-order valence-electron chi connectivity index (χ2n) is 5.81. The average Bonchev–Trinajstić information content (AvgIpc) is 2.75. The van der Waals surface area contributed by atoms with Crippen LogP contribution in [0.5, 0.6) is 0 Å². The number of aliphatic hydroxyl groups excluding tert-OH is 1. The lowest BCUT2D eigenvalue weighted by Gasteiger charge is -2.45. The summed E-state index contributed by atoms with van der Waals surface area (Å²) in [4.78, 5) is 2.55. The molecule has 0 saturated carbocycles. The lowest BCUT2D eigenvalue weighted by atomic mass is 9.78. The number of nitrogens with one attached hydrogen (secondary N) is 1. The normalized spacial score (nSPS) is 38.3. The van der Waals surface area contributed by atoms with Crippen molar-refractivity contribution in [2.45, 2.75) is 44.2 Å². The number of nitrogens with two attached hydrogens (primary N) is 1. The molecule has 4 heteroatoms. The quantitative estimate of drug-likeness (QED) is 0.620. The van der Waals surface area contributed by atoms with Crippen molar-refractivity contribution in [3.8, 4) is 0 Å². The lowest BCUT2D eigenvalue weighted by molar-refractivity contribution is 0.122. The van der Waals surface area contributed by atoms with E-state index in [1.54, 1.807) is 0 Å². The first-order chi connectivity index (χ1) is 8.20. The fraction of sp³-hybridized carbons (Fsp3) is 1.00. The van der Waals surface area contributed by atoms with E-state index in [0.29, 0.717) is 12.6 Å². The average molecular weight is 241 g/mol. The van der Waals surface area contributed by atoms with Gasteiger partial charge in [0.15, 0.2) is 0 Å². The van der Waals surface area contributed by atoms with Gasteiger partial charge in [0.2, 0.25) is 0 Å². The van der Waals surface area contributed by atoms with Crippen molar-refractivity contribution in [3.05, 3.63) is 0 Å². The number of piperidine rings is 1. The number of rotatable bonds is 6. The van der Waals surface area contributed by atoms with Crippen LogP contribution in [-0.2, 0) is 0 Å². The van der Waals surface area contributed by atoms with E-state index in [9.17, 15) is 0 Å². The highest BCUT2D eigenvalue weighted by Gasteiger charge is 2.45. The molecule has 4 N–H and O–H groups in total. The van der Waals surface area contributed by atoms with Gasteiger partial charge in [-0.05, 0) is 51.6 Å². The minimum atomic E-state index is 0.155. The van der Waals surface area contributed by atoms with Crippen LogP contribution in [0.25, 0.3) is 0 Å². The Morgan fingerprint density at radius 3 is 3.06 bits per heavy atom. The maximum absolute atomic E-state index is 8.89. The molecule has 2 aliphatic rings. The summed E-state index contributed by atoms with van der Waals surface area (Å²) in [5.41, 5.74) is 6.22. The maximum atomic E-state index is 8.89. The molecule has 0 aromatic rings. The molecular formula is C13H27N3O. The summed E-state index contributed by atoms with van der Waals surface area (Å²) >= 11 is 0. The summed E-state index contributed by atoms with van der Waals surface area (Å²) in [6.45, 7) is 6.91. The molecule has 0 aliphatic carbocycles. The summed E-state index contributed by atoms with van der Waals surface area (Å²) in [5.74, 6) is 0.720. The largest absolute Gasteiger partial charge is 0.396 e. The first-order valence-electron chi connectivity index (χ1n) is 7.01. The van der Waals surface area contributed by atoms with Gasteiger partial charge >= 0.3 is 0 Å². The highest BCUT2D eigenvalue weighted by atomic mass is 16.2. The number of hydrogen-bond acceptors (Lipinski definition) is 4. The molecule has 17 heavy (non-hydrogen) atoms. The van der Waals surface area contributed by atoms with Crippen LogP contribution in [0.4, 0.5) is 0 Å². The first kappa shape index (κ1) is 13.3. The molecule has 4 nitrogen and oxygen atoms in total. The summed E-state index contributed by atoms with van der Waals surface area (Å²) in [7, 11) is 0. The van der Waals surface area contributed by atoms with Gasteiger partial charge in [-0.1, -0.05) is 0 Å². The van der Waals surface area contributed by atoms with Gasteiger partial charge in [0, 0.05) is 31.3 Å². The van der Waals surface area contributed by atoms with Crippen LogP contribution in [0.3, 0.4) is 0 Å². The fourth-order valence-electron chi connectivity index (χ4n) is 3.53. The summed E-state index contributed by atoms with van der Waals surface area (Å²) in [5, 5.41) is 12.7. The molecule has 0 aromatic carbocycles. The zero-order chi connectivity index (χ0) is 12.3. The van der Waals surface area contributed by atoms with Crippen LogP contribution in [-0.4, -0.2) is 54.4 Å². The van der Waals surface area contributed by atoms with Crippen molar-refractivity contribution < 1.29 is 5.11 Å². The SMILES string of the molecule is CC(CCCO)NC1(CN)CCN2CCC1C2. The Morgan fingerprint density at radius 2 is 2.35 bits per heavy atom. The van der Waals surface area contributed by atoms with Gasteiger partial charge < -0.3 is 21.1 Å². The predicted molar refractivity (Wildman–Crippen MR) is 69.9 cm³/mol. The maximum Gasteiger partial charge on any atom is 0.0431 e. The Morgan fingerprint density at radius 1 is 1.53 bits per heavy atom. The lowest BCUT2D eigenvalue weighted by Crippen LogP contribution is -2.62. The third-order valence-electron chi connectivity index (χ3n) is 4.62. The molecule has 4 unspecified atom stereocenters. The van der Waals surface area contributed by atoms with Crippen LogP contribution in [0, 0.1) is 5.92 Å². The van der Waals surface area contributed by atoms with Crippen LogP contribution in [0.15, 0.2) is 0 Å². The third-order valence-corrected chi connectivity index (χ3v) is 4.62. The van der Waals surface area contributed by atoms with Crippen LogP contribution in [0.2, 0.25) is 0 Å². The van der Waals surface area contributed by atoms with Crippen molar-refractivity contribution in [2.75, 3.05) is 32.8 Å². The van der Waals surface area contributed by atoms with E-state index >= 15 is 0 Å². The van der Waals surface area contributed by atoms with Gasteiger partial charge in [-0.25, -0.2) is 0 Å². The Balaban J connectivity index is 1.94. The zero-order valence-electron chi connectivity index (χ0n) is 11.0. The van der Waals surface area contributed by atoms with Gasteiger partial charge in [0.25, 0.3) is 0 Å². The Bertz CT molecular complexity index is 249. The van der Waals surface area contributed by atoms with E-state index < -0.39 is 0 Å². The Hall–Kier alpha value is -0.160. The highest BCUT2D eigenvalue weighted by Crippen LogP contribution is 2.35. The van der Waals surface area contributed by atoms with Crippen LogP contribution < -0.4 is 11.1 Å². The van der Waals surface area contributed by atoms with Crippen molar-refractivity contribution in [1.29, 1.82) is 0 Å². The monoisotopic (exact) mass is 241 g/mol. The molecule has 0 spiro atoms. The van der Waals surface area contributed by atoms with Crippen LogP contribution in [0.1, 0.15) is 32.6 Å². The second-order valence-corrected chi connectivity index (χ2v) is 5.81. The number of fused-ring (bicyclic) bond motifs is 2. The summed E-state index contributed by atoms with van der Waals surface area (Å²) < 4.78 is 0. The number of aliphatic hydroxyl groups is 1. The fourth-order valence-corrected chi connectivity index (χ4v) is 3.53. The van der Waals surface area contributed by atoms with Gasteiger partial charge in [-0.3, -0.25) is 0 Å². The standard InChI is InChI=1S/C13H27N3O/c1-11(3-2-8-17)15-13(10-14)5-7-16-6-4-12(13)9-16/h11-12,15,17H,2-10,14H2,1H3. The van der Waals surface area contributed by atoms with E-state index in [4.69, 9.17) is 10.8 Å². The Kier molecular flexibility index (Phi) is 4.42. The highest BCUT2D eigenvalue weighted by molar-refractivity contribution is 5.04. The van der Waals surface area contributed by atoms with Gasteiger partial charge in [-0.15, -0.1) is 0 Å². The molecular weight excluding hydrogens is 214 g/mol. The van der Waals surface area contributed by atoms with Crippen molar-refractivity contribution >= 4 is 0 Å². The smallest absolute Gasteiger partial charge is 0.0431 e. The molecule has 2 fully saturated rings. The minimum absolute atomic E-state index is 0.155. The molecule has 100 valence electrons. The molecule has 0 amide bonds. The summed E-state index contributed by atoms with van der Waals surface area (Å²) in [6.07, 6.45) is 4.38. The van der Waals surface area contributed by atoms with E-state index in [0.717, 1.165) is 25.3 Å². The predicted octanol–water partition coefficient (Wildman–Crippen LogP) is 0.160. The Labute approximate surface area is 105 Å². The van der Waals surface area contributed by atoms with Crippen molar-refractivity contribution in [3.63, 3.8) is 0 Å². The number of nitrogens with zero attached hydrogens (tertiary/aromatic N) is 1. The first-order valence-corrected chi connectivity index (χ1v) is 7.01. The molecule has 4 atom stereocenters. The topological polar surface area (TPSA) is 61.5 Å². The molecule has 0 radical (unpaired) electrons. The molecule has 2 bridgehead atoms. The molecule has 0 aromatic heterocycles.